The molecule has 2 N–H and O–H groups in total. The Morgan fingerprint density at radius 3 is 2.36 bits per heavy atom. The van der Waals surface area contributed by atoms with Crippen LogP contribution in [0.25, 0.3) is 0 Å². The van der Waals surface area contributed by atoms with Gasteiger partial charge in [-0.2, -0.15) is 0 Å². The Labute approximate surface area is 92.4 Å². The van der Waals surface area contributed by atoms with Crippen molar-refractivity contribution in [2.45, 2.75) is 51.5 Å². The van der Waals surface area contributed by atoms with Crippen molar-refractivity contribution in [3.63, 3.8) is 0 Å². The lowest BCUT2D eigenvalue weighted by Gasteiger charge is -2.32. The van der Waals surface area contributed by atoms with Gasteiger partial charge in [-0.15, -0.1) is 12.4 Å². The molecule has 0 aromatic rings. The van der Waals surface area contributed by atoms with E-state index in [1.54, 1.807) is 0 Å². The number of hydrogen-bond acceptors (Lipinski definition) is 1. The molecule has 0 radical (unpaired) electrons. The van der Waals surface area contributed by atoms with E-state index in [2.05, 4.69) is 6.92 Å². The zero-order chi connectivity index (χ0) is 9.68. The Hall–Kier alpha value is -0.440. The molecular weight excluding hydrogens is 200 g/mol. The third kappa shape index (κ3) is 3.74. The fraction of sp³-hybridized carbons (Fsp3) is 0.900. The number of carbonyl (C=O) groups is 1. The third-order valence-corrected chi connectivity index (χ3v) is 2.76. The van der Waals surface area contributed by atoms with E-state index in [0.29, 0.717) is 6.04 Å². The van der Waals surface area contributed by atoms with E-state index in [1.807, 2.05) is 4.90 Å². The lowest BCUT2D eigenvalue weighted by atomic mass is 9.94. The van der Waals surface area contributed by atoms with Gasteiger partial charge in [-0.3, -0.25) is 0 Å². The number of carbonyl (C=O) groups excluding carboxylic acids is 1. The van der Waals surface area contributed by atoms with E-state index in [-0.39, 0.29) is 18.4 Å². The van der Waals surface area contributed by atoms with Crippen LogP contribution in [-0.4, -0.2) is 23.5 Å². The molecule has 1 fully saturated rings. The van der Waals surface area contributed by atoms with E-state index >= 15 is 0 Å². The maximum atomic E-state index is 11.1. The van der Waals surface area contributed by atoms with Gasteiger partial charge >= 0.3 is 6.03 Å². The first-order chi connectivity index (χ1) is 6.25. The van der Waals surface area contributed by atoms with Gasteiger partial charge in [-0.05, 0) is 19.3 Å². The van der Waals surface area contributed by atoms with Crippen LogP contribution in [-0.2, 0) is 0 Å². The molecule has 2 amide bonds. The highest BCUT2D eigenvalue weighted by Gasteiger charge is 2.22. The van der Waals surface area contributed by atoms with Crippen molar-refractivity contribution in [2.75, 3.05) is 6.54 Å². The molecule has 0 atom stereocenters. The van der Waals surface area contributed by atoms with Crippen molar-refractivity contribution in [3.05, 3.63) is 0 Å². The lowest BCUT2D eigenvalue weighted by molar-refractivity contribution is 0.164. The molecule has 1 rings (SSSR count). The smallest absolute Gasteiger partial charge is 0.315 e. The third-order valence-electron chi connectivity index (χ3n) is 2.76. The molecule has 0 aromatic heterocycles. The number of amides is 2. The van der Waals surface area contributed by atoms with E-state index in [0.717, 1.165) is 25.8 Å². The quantitative estimate of drug-likeness (QED) is 0.781. The molecule has 0 bridgehead atoms. The van der Waals surface area contributed by atoms with Crippen molar-refractivity contribution < 1.29 is 4.79 Å². The summed E-state index contributed by atoms with van der Waals surface area (Å²) in [6.45, 7) is 2.90. The van der Waals surface area contributed by atoms with Crippen molar-refractivity contribution >= 4 is 18.4 Å². The second-order valence-electron chi connectivity index (χ2n) is 3.82. The fourth-order valence-electron chi connectivity index (χ4n) is 2.11. The summed E-state index contributed by atoms with van der Waals surface area (Å²) < 4.78 is 0. The first-order valence-corrected chi connectivity index (χ1v) is 5.31. The molecular formula is C10H21ClN2O. The summed E-state index contributed by atoms with van der Waals surface area (Å²) in [4.78, 5) is 13.0. The first kappa shape index (κ1) is 13.6. The van der Waals surface area contributed by atoms with Crippen molar-refractivity contribution in [1.29, 1.82) is 0 Å². The van der Waals surface area contributed by atoms with Crippen LogP contribution in [0.4, 0.5) is 4.79 Å². The molecule has 0 spiro atoms. The van der Waals surface area contributed by atoms with Crippen LogP contribution in [0.3, 0.4) is 0 Å². The highest BCUT2D eigenvalue weighted by molar-refractivity contribution is 5.85. The highest BCUT2D eigenvalue weighted by atomic mass is 35.5. The summed E-state index contributed by atoms with van der Waals surface area (Å²) in [5, 5.41) is 0. The number of halogens is 1. The number of nitrogens with zero attached hydrogens (tertiary/aromatic N) is 1. The molecule has 1 saturated carbocycles. The number of rotatable bonds is 3. The van der Waals surface area contributed by atoms with Gasteiger partial charge in [-0.1, -0.05) is 26.2 Å². The summed E-state index contributed by atoms with van der Waals surface area (Å²) in [6, 6.07) is 0.181. The van der Waals surface area contributed by atoms with Crippen molar-refractivity contribution in [1.82, 2.24) is 4.90 Å². The van der Waals surface area contributed by atoms with Gasteiger partial charge < -0.3 is 10.6 Å². The summed E-state index contributed by atoms with van der Waals surface area (Å²) in [6.07, 6.45) is 7.09. The standard InChI is InChI=1S/C10H20N2O.ClH/c1-2-8-12(10(11)13)9-6-4-3-5-7-9;/h9H,2-8H2,1H3,(H2,11,13);1H. The first-order valence-electron chi connectivity index (χ1n) is 5.31. The van der Waals surface area contributed by atoms with E-state index < -0.39 is 0 Å². The largest absolute Gasteiger partial charge is 0.351 e. The number of urea groups is 1. The zero-order valence-corrected chi connectivity index (χ0v) is 9.68. The number of hydrogen-bond donors (Lipinski definition) is 1. The molecule has 0 aromatic carbocycles. The molecule has 0 aliphatic heterocycles. The summed E-state index contributed by atoms with van der Waals surface area (Å²) in [5.41, 5.74) is 5.34. The van der Waals surface area contributed by atoms with Crippen LogP contribution < -0.4 is 5.73 Å². The minimum absolute atomic E-state index is 0. The summed E-state index contributed by atoms with van der Waals surface area (Å²) >= 11 is 0. The van der Waals surface area contributed by atoms with Crippen LogP contribution in [0.15, 0.2) is 0 Å². The topological polar surface area (TPSA) is 46.3 Å². The number of nitrogens with two attached hydrogens (primary N) is 1. The predicted octanol–water partition coefficient (Wildman–Crippen LogP) is 2.53. The van der Waals surface area contributed by atoms with Crippen LogP contribution in [0.5, 0.6) is 0 Å². The van der Waals surface area contributed by atoms with Gasteiger partial charge in [0.1, 0.15) is 0 Å². The van der Waals surface area contributed by atoms with Crippen LogP contribution >= 0.6 is 12.4 Å². The maximum absolute atomic E-state index is 11.1. The molecule has 0 heterocycles. The van der Waals surface area contributed by atoms with Gasteiger partial charge in [-0.25, -0.2) is 4.79 Å². The average Bonchev–Trinajstić information content (AvgIpc) is 2.15. The van der Waals surface area contributed by atoms with E-state index in [9.17, 15) is 4.79 Å². The Balaban J connectivity index is 0.00000169. The Bertz CT molecular complexity index is 170. The van der Waals surface area contributed by atoms with Crippen molar-refractivity contribution in [2.24, 2.45) is 5.73 Å². The number of primary amides is 1. The van der Waals surface area contributed by atoms with Crippen LogP contribution in [0.1, 0.15) is 45.4 Å². The second-order valence-corrected chi connectivity index (χ2v) is 3.82. The molecule has 0 saturated heterocycles. The monoisotopic (exact) mass is 220 g/mol. The second kappa shape index (κ2) is 6.93. The summed E-state index contributed by atoms with van der Waals surface area (Å²) in [7, 11) is 0. The minimum atomic E-state index is -0.242. The maximum Gasteiger partial charge on any atom is 0.315 e. The van der Waals surface area contributed by atoms with E-state index in [1.165, 1.54) is 19.3 Å². The molecule has 3 nitrogen and oxygen atoms in total. The Kier molecular flexibility index (Phi) is 6.71. The van der Waals surface area contributed by atoms with Crippen molar-refractivity contribution in [3.8, 4) is 0 Å². The molecule has 14 heavy (non-hydrogen) atoms. The Morgan fingerprint density at radius 1 is 1.36 bits per heavy atom. The van der Waals surface area contributed by atoms with E-state index in [4.69, 9.17) is 5.73 Å². The molecule has 1 aliphatic rings. The zero-order valence-electron chi connectivity index (χ0n) is 8.87. The SMILES string of the molecule is CCCN(C(N)=O)C1CCCCC1.Cl. The van der Waals surface area contributed by atoms with Gasteiger partial charge in [0.25, 0.3) is 0 Å². The molecule has 84 valence electrons. The Morgan fingerprint density at radius 2 is 1.93 bits per heavy atom. The highest BCUT2D eigenvalue weighted by Crippen LogP contribution is 2.22. The molecule has 1 aliphatic carbocycles. The summed E-state index contributed by atoms with van der Waals surface area (Å²) in [5.74, 6) is 0. The lowest BCUT2D eigenvalue weighted by Crippen LogP contribution is -2.44. The average molecular weight is 221 g/mol. The van der Waals surface area contributed by atoms with Gasteiger partial charge in [0.2, 0.25) is 0 Å². The normalized spacial score (nSPS) is 17.2. The fourth-order valence-corrected chi connectivity index (χ4v) is 2.11. The molecule has 4 heteroatoms. The molecule has 0 unspecified atom stereocenters. The van der Waals surface area contributed by atoms with Crippen LogP contribution in [0.2, 0.25) is 0 Å². The predicted molar refractivity (Wildman–Crippen MR) is 60.7 cm³/mol. The van der Waals surface area contributed by atoms with Gasteiger partial charge in [0, 0.05) is 12.6 Å². The van der Waals surface area contributed by atoms with Gasteiger partial charge in [0.05, 0.1) is 0 Å². The van der Waals surface area contributed by atoms with Crippen LogP contribution in [0, 0.1) is 0 Å². The minimum Gasteiger partial charge on any atom is -0.351 e. The van der Waals surface area contributed by atoms with Gasteiger partial charge in [0.15, 0.2) is 0 Å².